The first kappa shape index (κ1) is 15.2. The first-order chi connectivity index (χ1) is 9.47. The van der Waals surface area contributed by atoms with E-state index in [1.54, 1.807) is 18.2 Å². The lowest BCUT2D eigenvalue weighted by Crippen LogP contribution is -2.11. The van der Waals surface area contributed by atoms with Crippen LogP contribution in [0.2, 0.25) is 10.0 Å². The third kappa shape index (κ3) is 3.69. The van der Waals surface area contributed by atoms with Crippen molar-refractivity contribution in [3.63, 3.8) is 0 Å². The number of carbonyl (C=O) groups is 1. The molecule has 0 radical (unpaired) electrons. The van der Waals surface area contributed by atoms with Gasteiger partial charge in [-0.3, -0.25) is 9.00 Å². The van der Waals surface area contributed by atoms with E-state index in [-0.39, 0.29) is 16.6 Å². The Labute approximate surface area is 130 Å². The average Bonchev–Trinajstić information content (AvgIpc) is 2.38. The summed E-state index contributed by atoms with van der Waals surface area (Å²) >= 11 is 11.8. The fourth-order valence-corrected chi connectivity index (χ4v) is 3.37. The van der Waals surface area contributed by atoms with E-state index >= 15 is 0 Å². The molecule has 2 aromatic rings. The predicted octanol–water partition coefficient (Wildman–Crippen LogP) is 4.29. The molecule has 1 unspecified atom stereocenters. The molecule has 0 aliphatic carbocycles. The summed E-state index contributed by atoms with van der Waals surface area (Å²) in [5, 5.41) is 0.745. The highest BCUT2D eigenvalue weighted by Gasteiger charge is 2.15. The summed E-state index contributed by atoms with van der Waals surface area (Å²) in [4.78, 5) is 12.8. The van der Waals surface area contributed by atoms with E-state index < -0.39 is 10.8 Å². The average molecular weight is 327 g/mol. The van der Waals surface area contributed by atoms with Crippen molar-refractivity contribution in [3.05, 3.63) is 63.6 Å². The van der Waals surface area contributed by atoms with Gasteiger partial charge in [0.05, 0.1) is 21.6 Å². The standard InChI is InChI=1S/C15H12Cl2O2S/c1-10-3-2-4-12(7-10)20(19)9-15(18)13-6-5-11(16)8-14(13)17/h2-8H,9H2,1H3. The van der Waals surface area contributed by atoms with Gasteiger partial charge in [0.1, 0.15) is 0 Å². The van der Waals surface area contributed by atoms with E-state index in [0.717, 1.165) is 5.56 Å². The van der Waals surface area contributed by atoms with Gasteiger partial charge in [-0.05, 0) is 42.8 Å². The minimum absolute atomic E-state index is 0.0925. The van der Waals surface area contributed by atoms with Gasteiger partial charge < -0.3 is 0 Å². The zero-order valence-corrected chi connectivity index (χ0v) is 13.1. The van der Waals surface area contributed by atoms with Crippen molar-refractivity contribution in [2.45, 2.75) is 11.8 Å². The molecular weight excluding hydrogens is 315 g/mol. The summed E-state index contributed by atoms with van der Waals surface area (Å²) in [6, 6.07) is 12.0. The van der Waals surface area contributed by atoms with E-state index in [1.807, 2.05) is 25.1 Å². The normalized spacial score (nSPS) is 12.2. The van der Waals surface area contributed by atoms with E-state index in [0.29, 0.717) is 15.5 Å². The Kier molecular flexibility index (Phi) is 4.97. The first-order valence-corrected chi connectivity index (χ1v) is 7.98. The van der Waals surface area contributed by atoms with Crippen molar-refractivity contribution < 1.29 is 9.00 Å². The van der Waals surface area contributed by atoms with Gasteiger partial charge >= 0.3 is 0 Å². The molecule has 2 rings (SSSR count). The Hall–Kier alpha value is -1.16. The van der Waals surface area contributed by atoms with Crippen molar-refractivity contribution >= 4 is 39.8 Å². The van der Waals surface area contributed by atoms with Crippen LogP contribution >= 0.6 is 23.2 Å². The van der Waals surface area contributed by atoms with E-state index in [4.69, 9.17) is 23.2 Å². The number of ketones is 1. The van der Waals surface area contributed by atoms with Crippen LogP contribution in [0.3, 0.4) is 0 Å². The van der Waals surface area contributed by atoms with Crippen molar-refractivity contribution in [2.24, 2.45) is 0 Å². The summed E-state index contributed by atoms with van der Waals surface area (Å²) in [7, 11) is -1.38. The van der Waals surface area contributed by atoms with Gasteiger partial charge in [0.2, 0.25) is 0 Å². The van der Waals surface area contributed by atoms with Gasteiger partial charge in [0, 0.05) is 15.5 Å². The molecule has 0 aliphatic rings. The zero-order valence-electron chi connectivity index (χ0n) is 10.7. The molecule has 104 valence electrons. The molecule has 5 heteroatoms. The Morgan fingerprint density at radius 1 is 1.15 bits per heavy atom. The lowest BCUT2D eigenvalue weighted by Gasteiger charge is -2.05. The summed E-state index contributed by atoms with van der Waals surface area (Å²) < 4.78 is 12.2. The Morgan fingerprint density at radius 2 is 1.90 bits per heavy atom. The van der Waals surface area contributed by atoms with Gasteiger partial charge in [-0.1, -0.05) is 35.3 Å². The number of benzene rings is 2. The molecule has 0 saturated carbocycles. The van der Waals surface area contributed by atoms with Crippen molar-refractivity contribution in [3.8, 4) is 0 Å². The topological polar surface area (TPSA) is 34.1 Å². The van der Waals surface area contributed by atoms with Crippen LogP contribution in [0.15, 0.2) is 47.4 Å². The van der Waals surface area contributed by atoms with E-state index in [2.05, 4.69) is 0 Å². The third-order valence-electron chi connectivity index (χ3n) is 2.75. The van der Waals surface area contributed by atoms with Crippen molar-refractivity contribution in [1.82, 2.24) is 0 Å². The van der Waals surface area contributed by atoms with Crippen LogP contribution in [-0.4, -0.2) is 15.7 Å². The number of aryl methyl sites for hydroxylation is 1. The van der Waals surface area contributed by atoms with Crippen LogP contribution < -0.4 is 0 Å². The molecule has 0 aromatic heterocycles. The van der Waals surface area contributed by atoms with Crippen LogP contribution in [0.4, 0.5) is 0 Å². The number of rotatable bonds is 4. The smallest absolute Gasteiger partial charge is 0.177 e. The second-order valence-corrected chi connectivity index (χ2v) is 6.65. The highest BCUT2D eigenvalue weighted by Crippen LogP contribution is 2.22. The highest BCUT2D eigenvalue weighted by atomic mass is 35.5. The lowest BCUT2D eigenvalue weighted by atomic mass is 10.1. The second kappa shape index (κ2) is 6.53. The highest BCUT2D eigenvalue weighted by molar-refractivity contribution is 7.85. The van der Waals surface area contributed by atoms with Crippen molar-refractivity contribution in [2.75, 3.05) is 5.75 Å². The molecule has 0 heterocycles. The Balaban J connectivity index is 2.17. The van der Waals surface area contributed by atoms with Gasteiger partial charge in [0.15, 0.2) is 5.78 Å². The fraction of sp³-hybridized carbons (Fsp3) is 0.133. The Bertz CT molecular complexity index is 683. The van der Waals surface area contributed by atoms with Gasteiger partial charge in [0.25, 0.3) is 0 Å². The number of hydrogen-bond acceptors (Lipinski definition) is 2. The molecule has 0 amide bonds. The minimum atomic E-state index is -1.38. The summed E-state index contributed by atoms with van der Waals surface area (Å²) in [5.41, 5.74) is 1.35. The molecule has 1 atom stereocenters. The fourth-order valence-electron chi connectivity index (χ4n) is 1.75. The SMILES string of the molecule is Cc1cccc(S(=O)CC(=O)c2ccc(Cl)cc2Cl)c1. The van der Waals surface area contributed by atoms with Crippen LogP contribution in [0, 0.1) is 6.92 Å². The monoisotopic (exact) mass is 326 g/mol. The summed E-state index contributed by atoms with van der Waals surface area (Å²) in [6.07, 6.45) is 0. The number of hydrogen-bond donors (Lipinski definition) is 0. The molecule has 2 aromatic carbocycles. The largest absolute Gasteiger partial charge is 0.293 e. The molecule has 0 saturated heterocycles. The summed E-state index contributed by atoms with van der Waals surface area (Å²) in [5.74, 6) is -0.350. The molecular formula is C15H12Cl2O2S. The molecule has 0 spiro atoms. The maximum absolute atomic E-state index is 12.2. The van der Waals surface area contributed by atoms with Gasteiger partial charge in [-0.15, -0.1) is 0 Å². The van der Waals surface area contributed by atoms with Gasteiger partial charge in [-0.2, -0.15) is 0 Å². The van der Waals surface area contributed by atoms with Crippen LogP contribution in [-0.2, 0) is 10.8 Å². The van der Waals surface area contributed by atoms with E-state index in [1.165, 1.54) is 6.07 Å². The third-order valence-corrected chi connectivity index (χ3v) is 4.60. The second-order valence-electron chi connectivity index (χ2n) is 4.35. The summed E-state index contributed by atoms with van der Waals surface area (Å²) in [6.45, 7) is 1.92. The molecule has 0 bridgehead atoms. The zero-order chi connectivity index (χ0) is 14.7. The van der Waals surface area contributed by atoms with Crippen LogP contribution in [0.5, 0.6) is 0 Å². The first-order valence-electron chi connectivity index (χ1n) is 5.90. The maximum atomic E-state index is 12.2. The lowest BCUT2D eigenvalue weighted by molar-refractivity contribution is 0.102. The number of Topliss-reactive ketones (excluding diaryl/α,β-unsaturated/α-hetero) is 1. The number of halogens is 2. The Morgan fingerprint density at radius 3 is 2.55 bits per heavy atom. The molecule has 20 heavy (non-hydrogen) atoms. The van der Waals surface area contributed by atoms with E-state index in [9.17, 15) is 9.00 Å². The molecule has 0 fully saturated rings. The maximum Gasteiger partial charge on any atom is 0.177 e. The number of carbonyl (C=O) groups excluding carboxylic acids is 1. The molecule has 2 nitrogen and oxygen atoms in total. The quantitative estimate of drug-likeness (QED) is 0.785. The molecule has 0 aliphatic heterocycles. The van der Waals surface area contributed by atoms with Crippen molar-refractivity contribution in [1.29, 1.82) is 0 Å². The molecule has 0 N–H and O–H groups in total. The van der Waals surface area contributed by atoms with Crippen LogP contribution in [0.1, 0.15) is 15.9 Å². The predicted molar refractivity (Wildman–Crippen MR) is 83.2 cm³/mol. The minimum Gasteiger partial charge on any atom is -0.293 e. The van der Waals surface area contributed by atoms with Crippen LogP contribution in [0.25, 0.3) is 0 Å². The van der Waals surface area contributed by atoms with Gasteiger partial charge in [-0.25, -0.2) is 0 Å².